The van der Waals surface area contributed by atoms with E-state index in [1.54, 1.807) is 0 Å². The van der Waals surface area contributed by atoms with Gasteiger partial charge in [0, 0.05) is 6.42 Å². The van der Waals surface area contributed by atoms with Gasteiger partial charge >= 0.3 is 0 Å². The van der Waals surface area contributed by atoms with Gasteiger partial charge in [-0.25, -0.2) is 9.97 Å². The molecule has 0 amide bonds. The Morgan fingerprint density at radius 3 is 2.12 bits per heavy atom. The van der Waals surface area contributed by atoms with Crippen LogP contribution in [-0.2, 0) is 12.8 Å². The van der Waals surface area contributed by atoms with Crippen LogP contribution in [-0.4, -0.2) is 9.97 Å². The van der Waals surface area contributed by atoms with Gasteiger partial charge in [-0.15, -0.1) is 0 Å². The summed E-state index contributed by atoms with van der Waals surface area (Å²) in [6.45, 7) is 8.71. The predicted molar refractivity (Wildman–Crippen MR) is 76.2 cm³/mol. The fourth-order valence-corrected chi connectivity index (χ4v) is 2.01. The van der Waals surface area contributed by atoms with Gasteiger partial charge in [0.2, 0.25) is 0 Å². The summed E-state index contributed by atoms with van der Waals surface area (Å²) in [6.07, 6.45) is 1.86. The minimum Gasteiger partial charge on any atom is -0.383 e. The molecule has 0 aliphatic carbocycles. The lowest BCUT2D eigenvalue weighted by molar-refractivity contribution is 0.600. The average Bonchev–Trinajstić information content (AvgIpc) is 2.11. The Labute approximate surface area is 111 Å². The van der Waals surface area contributed by atoms with Gasteiger partial charge in [0.05, 0.1) is 9.26 Å². The van der Waals surface area contributed by atoms with Crippen molar-refractivity contribution in [3.8, 4) is 0 Å². The van der Waals surface area contributed by atoms with Crippen LogP contribution in [0.25, 0.3) is 0 Å². The smallest absolute Gasteiger partial charge is 0.140 e. The monoisotopic (exact) mass is 333 g/mol. The second kappa shape index (κ2) is 5.80. The lowest BCUT2D eigenvalue weighted by Crippen LogP contribution is -2.11. The van der Waals surface area contributed by atoms with E-state index in [1.165, 1.54) is 0 Å². The van der Waals surface area contributed by atoms with E-state index in [9.17, 15) is 0 Å². The first-order valence-corrected chi connectivity index (χ1v) is 6.78. The topological polar surface area (TPSA) is 51.8 Å². The Kier molecular flexibility index (Phi) is 4.95. The van der Waals surface area contributed by atoms with Crippen molar-refractivity contribution in [2.24, 2.45) is 11.8 Å². The summed E-state index contributed by atoms with van der Waals surface area (Å²) in [7, 11) is 0. The highest BCUT2D eigenvalue weighted by Gasteiger charge is 2.12. The Morgan fingerprint density at radius 1 is 1.06 bits per heavy atom. The molecule has 2 N–H and O–H groups in total. The third-order valence-corrected chi connectivity index (χ3v) is 3.36. The zero-order valence-corrected chi connectivity index (χ0v) is 12.6. The molecule has 0 unspecified atom stereocenters. The minimum absolute atomic E-state index is 0.561. The molecule has 0 saturated carbocycles. The summed E-state index contributed by atoms with van der Waals surface area (Å²) < 4.78 is 1.01. The summed E-state index contributed by atoms with van der Waals surface area (Å²) >= 11 is 2.24. The molecule has 3 nitrogen and oxygen atoms in total. The summed E-state index contributed by atoms with van der Waals surface area (Å²) in [6, 6.07) is 0. The van der Waals surface area contributed by atoms with Crippen molar-refractivity contribution in [1.29, 1.82) is 0 Å². The highest BCUT2D eigenvalue weighted by atomic mass is 127. The third kappa shape index (κ3) is 3.88. The lowest BCUT2D eigenvalue weighted by Gasteiger charge is -2.11. The molecule has 0 bridgehead atoms. The molecular formula is C12H20IN3. The van der Waals surface area contributed by atoms with E-state index in [1.807, 2.05) is 0 Å². The van der Waals surface area contributed by atoms with Gasteiger partial charge in [-0.3, -0.25) is 0 Å². The van der Waals surface area contributed by atoms with E-state index in [4.69, 9.17) is 5.73 Å². The first-order valence-electron chi connectivity index (χ1n) is 5.71. The number of hydrogen-bond donors (Lipinski definition) is 1. The van der Waals surface area contributed by atoms with Crippen LogP contribution in [0.3, 0.4) is 0 Å². The number of nitrogen functional groups attached to an aromatic ring is 1. The molecule has 0 saturated heterocycles. The minimum atomic E-state index is 0.561. The highest BCUT2D eigenvalue weighted by Crippen LogP contribution is 2.20. The van der Waals surface area contributed by atoms with E-state index < -0.39 is 0 Å². The lowest BCUT2D eigenvalue weighted by atomic mass is 10.1. The van der Waals surface area contributed by atoms with Gasteiger partial charge in [0.25, 0.3) is 0 Å². The molecule has 1 rings (SSSR count). The molecule has 0 fully saturated rings. The molecule has 90 valence electrons. The van der Waals surface area contributed by atoms with Gasteiger partial charge in [-0.05, 0) is 40.8 Å². The van der Waals surface area contributed by atoms with E-state index in [2.05, 4.69) is 60.3 Å². The number of halogens is 1. The molecule has 4 heteroatoms. The Hall–Kier alpha value is -0.390. The van der Waals surface area contributed by atoms with Crippen LogP contribution < -0.4 is 5.73 Å². The quantitative estimate of drug-likeness (QED) is 0.862. The molecular weight excluding hydrogens is 313 g/mol. The highest BCUT2D eigenvalue weighted by molar-refractivity contribution is 14.1. The van der Waals surface area contributed by atoms with Gasteiger partial charge in [-0.1, -0.05) is 27.7 Å². The van der Waals surface area contributed by atoms with Crippen molar-refractivity contribution in [3.05, 3.63) is 15.1 Å². The Morgan fingerprint density at radius 2 is 1.62 bits per heavy atom. The van der Waals surface area contributed by atoms with Crippen molar-refractivity contribution in [2.75, 3.05) is 5.73 Å². The maximum atomic E-state index is 5.91. The fraction of sp³-hybridized carbons (Fsp3) is 0.667. The zero-order valence-electron chi connectivity index (χ0n) is 10.4. The number of aromatic nitrogens is 2. The molecule has 0 atom stereocenters. The van der Waals surface area contributed by atoms with Crippen LogP contribution >= 0.6 is 22.6 Å². The van der Waals surface area contributed by atoms with Crippen LogP contribution in [0.1, 0.15) is 39.2 Å². The van der Waals surface area contributed by atoms with Gasteiger partial charge in [0.1, 0.15) is 11.6 Å². The van der Waals surface area contributed by atoms with Crippen LogP contribution in [0.4, 0.5) is 5.82 Å². The molecule has 1 aromatic rings. The van der Waals surface area contributed by atoms with Crippen molar-refractivity contribution < 1.29 is 0 Å². The van der Waals surface area contributed by atoms with Crippen LogP contribution in [0.2, 0.25) is 0 Å². The molecule has 1 aromatic heterocycles. The molecule has 0 aliphatic rings. The molecule has 0 aromatic carbocycles. The number of hydrogen-bond acceptors (Lipinski definition) is 3. The first kappa shape index (κ1) is 13.7. The van der Waals surface area contributed by atoms with E-state index in [0.29, 0.717) is 17.7 Å². The van der Waals surface area contributed by atoms with Crippen LogP contribution in [0.15, 0.2) is 0 Å². The summed E-state index contributed by atoms with van der Waals surface area (Å²) in [5.41, 5.74) is 7.01. The van der Waals surface area contributed by atoms with Gasteiger partial charge < -0.3 is 5.73 Å². The predicted octanol–water partition coefficient (Wildman–Crippen LogP) is 3.06. The van der Waals surface area contributed by atoms with Crippen molar-refractivity contribution in [2.45, 2.75) is 40.5 Å². The number of nitrogens with two attached hydrogens (primary N) is 1. The summed E-state index contributed by atoms with van der Waals surface area (Å²) in [5.74, 6) is 2.66. The summed E-state index contributed by atoms with van der Waals surface area (Å²) in [5, 5.41) is 0. The largest absolute Gasteiger partial charge is 0.383 e. The van der Waals surface area contributed by atoms with Gasteiger partial charge in [0.15, 0.2) is 0 Å². The van der Waals surface area contributed by atoms with E-state index >= 15 is 0 Å². The average molecular weight is 333 g/mol. The Balaban J connectivity index is 3.01. The number of rotatable bonds is 4. The third-order valence-electron chi connectivity index (χ3n) is 2.18. The first-order chi connectivity index (χ1) is 7.40. The second-order valence-electron chi connectivity index (χ2n) is 4.98. The maximum absolute atomic E-state index is 5.91. The molecule has 0 aliphatic heterocycles. The normalized spacial score (nSPS) is 11.4. The van der Waals surface area contributed by atoms with Gasteiger partial charge in [-0.2, -0.15) is 0 Å². The maximum Gasteiger partial charge on any atom is 0.140 e. The fourth-order valence-electron chi connectivity index (χ4n) is 1.54. The standard InChI is InChI=1S/C12H20IN3/c1-7(2)5-9-11(13)12(14)16-10(15-9)6-8(3)4/h7-8H,5-6H2,1-4H3,(H2,14,15,16). The summed E-state index contributed by atoms with van der Waals surface area (Å²) in [4.78, 5) is 8.95. The zero-order chi connectivity index (χ0) is 12.3. The van der Waals surface area contributed by atoms with Crippen molar-refractivity contribution in [3.63, 3.8) is 0 Å². The van der Waals surface area contributed by atoms with E-state index in [0.717, 1.165) is 27.9 Å². The molecule has 0 spiro atoms. The van der Waals surface area contributed by atoms with E-state index in [-0.39, 0.29) is 0 Å². The molecule has 16 heavy (non-hydrogen) atoms. The van der Waals surface area contributed by atoms with Crippen LogP contribution in [0, 0.1) is 15.4 Å². The van der Waals surface area contributed by atoms with Crippen molar-refractivity contribution >= 4 is 28.4 Å². The Bertz CT molecular complexity index is 362. The van der Waals surface area contributed by atoms with Crippen molar-refractivity contribution in [1.82, 2.24) is 9.97 Å². The number of nitrogens with zero attached hydrogens (tertiary/aromatic N) is 2. The number of anilines is 1. The van der Waals surface area contributed by atoms with Crippen LogP contribution in [0.5, 0.6) is 0 Å². The molecule has 0 radical (unpaired) electrons. The SMILES string of the molecule is CC(C)Cc1nc(N)c(I)c(CC(C)C)n1. The molecule has 1 heterocycles. The second-order valence-corrected chi connectivity index (χ2v) is 6.06.